The van der Waals surface area contributed by atoms with Crippen molar-refractivity contribution >= 4 is 35.8 Å². The summed E-state index contributed by atoms with van der Waals surface area (Å²) in [6.07, 6.45) is 0. The maximum atomic E-state index is 4.66. The maximum Gasteiger partial charge on any atom is 0.194 e. The Hall–Kier alpha value is -1.83. The fourth-order valence-corrected chi connectivity index (χ4v) is 2.09. The van der Waals surface area contributed by atoms with Crippen molar-refractivity contribution in [1.82, 2.24) is 15.2 Å². The molecule has 1 heterocycles. The summed E-state index contributed by atoms with van der Waals surface area (Å²) in [6, 6.07) is 16.3. The first-order valence-electron chi connectivity index (χ1n) is 7.69. The van der Waals surface area contributed by atoms with Gasteiger partial charge < -0.3 is 15.1 Å². The summed E-state index contributed by atoms with van der Waals surface area (Å²) in [5.41, 5.74) is 2.19. The number of anilines is 1. The van der Waals surface area contributed by atoms with Crippen molar-refractivity contribution in [1.29, 1.82) is 0 Å². The standard InChI is InChI=1S/C18H25N5.HI/c1-22(2)17-12-8-11-16(21-17)14-20-18(23(3)4)19-13-15-9-6-5-7-10-15;/h5-12H,13-14H2,1-4H3,(H,19,20);1H. The van der Waals surface area contributed by atoms with Crippen LogP contribution < -0.4 is 10.2 Å². The number of rotatable bonds is 5. The van der Waals surface area contributed by atoms with Gasteiger partial charge in [0.15, 0.2) is 5.96 Å². The van der Waals surface area contributed by atoms with Crippen LogP contribution in [-0.4, -0.2) is 44.0 Å². The van der Waals surface area contributed by atoms with Gasteiger partial charge in [0, 0.05) is 28.2 Å². The molecule has 24 heavy (non-hydrogen) atoms. The lowest BCUT2D eigenvalue weighted by Gasteiger charge is -2.18. The van der Waals surface area contributed by atoms with Crippen molar-refractivity contribution in [2.45, 2.75) is 13.1 Å². The minimum Gasteiger partial charge on any atom is -0.363 e. The Kier molecular flexibility index (Phi) is 8.53. The zero-order valence-electron chi connectivity index (χ0n) is 14.7. The molecule has 5 nitrogen and oxygen atoms in total. The summed E-state index contributed by atoms with van der Waals surface area (Å²) in [5, 5.41) is 3.37. The minimum absolute atomic E-state index is 0. The summed E-state index contributed by atoms with van der Waals surface area (Å²) in [4.78, 5) is 13.3. The van der Waals surface area contributed by atoms with E-state index in [1.54, 1.807) is 0 Å². The molecule has 1 N–H and O–H groups in total. The summed E-state index contributed by atoms with van der Waals surface area (Å²) in [7, 11) is 7.96. The van der Waals surface area contributed by atoms with E-state index >= 15 is 0 Å². The van der Waals surface area contributed by atoms with Crippen molar-refractivity contribution in [3.8, 4) is 0 Å². The molecule has 0 saturated carbocycles. The third-order valence-corrected chi connectivity index (χ3v) is 3.36. The number of benzene rings is 1. The summed E-state index contributed by atoms with van der Waals surface area (Å²) in [5.74, 6) is 1.81. The smallest absolute Gasteiger partial charge is 0.194 e. The highest BCUT2D eigenvalue weighted by Crippen LogP contribution is 2.07. The van der Waals surface area contributed by atoms with Gasteiger partial charge in [0.2, 0.25) is 0 Å². The van der Waals surface area contributed by atoms with E-state index in [0.29, 0.717) is 13.1 Å². The highest BCUT2D eigenvalue weighted by molar-refractivity contribution is 14.0. The van der Waals surface area contributed by atoms with Crippen LogP contribution in [0.5, 0.6) is 0 Å². The Morgan fingerprint density at radius 2 is 1.71 bits per heavy atom. The van der Waals surface area contributed by atoms with E-state index < -0.39 is 0 Å². The van der Waals surface area contributed by atoms with Gasteiger partial charge in [0.1, 0.15) is 5.82 Å². The predicted molar refractivity (Wildman–Crippen MR) is 112 cm³/mol. The molecule has 0 aliphatic carbocycles. The van der Waals surface area contributed by atoms with E-state index in [-0.39, 0.29) is 24.0 Å². The molecule has 0 fully saturated rings. The molecule has 0 aliphatic rings. The Balaban J connectivity index is 0.00000288. The summed E-state index contributed by atoms with van der Waals surface area (Å²) in [6.45, 7) is 1.31. The predicted octanol–water partition coefficient (Wildman–Crippen LogP) is 2.97. The van der Waals surface area contributed by atoms with E-state index in [1.165, 1.54) is 5.56 Å². The molecular weight excluding hydrogens is 413 g/mol. The van der Waals surface area contributed by atoms with Crippen molar-refractivity contribution in [3.05, 3.63) is 59.8 Å². The van der Waals surface area contributed by atoms with Crippen molar-refractivity contribution in [2.24, 2.45) is 4.99 Å². The molecule has 0 radical (unpaired) electrons. The SMILES string of the molecule is CN(C)C(=NCc1ccccc1)NCc1cccc(N(C)C)n1.I. The fraction of sp³-hybridized carbons (Fsp3) is 0.333. The van der Waals surface area contributed by atoms with E-state index in [2.05, 4.69) is 27.4 Å². The average molecular weight is 439 g/mol. The minimum atomic E-state index is 0. The highest BCUT2D eigenvalue weighted by Gasteiger charge is 2.04. The lowest BCUT2D eigenvalue weighted by Crippen LogP contribution is -2.36. The van der Waals surface area contributed by atoms with Crippen molar-refractivity contribution in [3.63, 3.8) is 0 Å². The Labute approximate surface area is 161 Å². The number of aliphatic imine (C=N–C) groups is 1. The van der Waals surface area contributed by atoms with Crippen molar-refractivity contribution in [2.75, 3.05) is 33.1 Å². The molecule has 6 heteroatoms. The normalized spacial score (nSPS) is 10.8. The molecule has 0 amide bonds. The third kappa shape index (κ3) is 6.35. The number of guanidine groups is 1. The molecule has 0 aliphatic heterocycles. The largest absolute Gasteiger partial charge is 0.363 e. The number of nitrogens with zero attached hydrogens (tertiary/aromatic N) is 4. The topological polar surface area (TPSA) is 43.8 Å². The van der Waals surface area contributed by atoms with Gasteiger partial charge in [-0.15, -0.1) is 24.0 Å². The molecule has 2 rings (SSSR count). The van der Waals surface area contributed by atoms with Crippen LogP contribution in [-0.2, 0) is 13.1 Å². The lowest BCUT2D eigenvalue weighted by molar-refractivity contribution is 0.577. The first kappa shape index (κ1) is 20.2. The van der Waals surface area contributed by atoms with Crippen LogP contribution >= 0.6 is 24.0 Å². The number of hydrogen-bond acceptors (Lipinski definition) is 3. The first-order chi connectivity index (χ1) is 11.1. The second kappa shape index (κ2) is 10.1. The second-order valence-electron chi connectivity index (χ2n) is 5.75. The van der Waals surface area contributed by atoms with Gasteiger partial charge in [-0.05, 0) is 17.7 Å². The van der Waals surface area contributed by atoms with Gasteiger partial charge in [-0.1, -0.05) is 36.4 Å². The quantitative estimate of drug-likeness (QED) is 0.442. The lowest BCUT2D eigenvalue weighted by atomic mass is 10.2. The zero-order valence-corrected chi connectivity index (χ0v) is 17.1. The molecule has 0 unspecified atom stereocenters. The molecule has 0 spiro atoms. The van der Waals surface area contributed by atoms with Crippen LogP contribution in [0.3, 0.4) is 0 Å². The fourth-order valence-electron chi connectivity index (χ4n) is 2.09. The number of aromatic nitrogens is 1. The number of nitrogens with one attached hydrogen (secondary N) is 1. The van der Waals surface area contributed by atoms with Gasteiger partial charge in [0.05, 0.1) is 18.8 Å². The molecular formula is C18H26IN5. The monoisotopic (exact) mass is 439 g/mol. The molecule has 0 bridgehead atoms. The molecule has 0 atom stereocenters. The van der Waals surface area contributed by atoms with Crippen LogP contribution in [0, 0.1) is 0 Å². The number of hydrogen-bond donors (Lipinski definition) is 1. The van der Waals surface area contributed by atoms with Crippen LogP contribution in [0.2, 0.25) is 0 Å². The van der Waals surface area contributed by atoms with Gasteiger partial charge in [-0.2, -0.15) is 0 Å². The Bertz CT molecular complexity index is 641. The van der Waals surface area contributed by atoms with E-state index in [0.717, 1.165) is 17.5 Å². The van der Waals surface area contributed by atoms with E-state index in [9.17, 15) is 0 Å². The number of halogens is 1. The zero-order chi connectivity index (χ0) is 16.7. The molecule has 0 saturated heterocycles. The molecule has 1 aromatic heterocycles. The summed E-state index contributed by atoms with van der Waals surface area (Å²) < 4.78 is 0. The van der Waals surface area contributed by atoms with Crippen LogP contribution in [0.25, 0.3) is 0 Å². The van der Waals surface area contributed by atoms with Crippen LogP contribution in [0.1, 0.15) is 11.3 Å². The van der Waals surface area contributed by atoms with E-state index in [1.807, 2.05) is 74.4 Å². The number of pyridine rings is 1. The maximum absolute atomic E-state index is 4.66. The first-order valence-corrected chi connectivity index (χ1v) is 7.69. The highest BCUT2D eigenvalue weighted by atomic mass is 127. The van der Waals surface area contributed by atoms with Gasteiger partial charge >= 0.3 is 0 Å². The average Bonchev–Trinajstić information content (AvgIpc) is 2.55. The van der Waals surface area contributed by atoms with Crippen molar-refractivity contribution < 1.29 is 0 Å². The Morgan fingerprint density at radius 1 is 1.00 bits per heavy atom. The van der Waals surface area contributed by atoms with Crippen LogP contribution in [0.4, 0.5) is 5.82 Å². The summed E-state index contributed by atoms with van der Waals surface area (Å²) >= 11 is 0. The Morgan fingerprint density at radius 3 is 2.33 bits per heavy atom. The van der Waals surface area contributed by atoms with Gasteiger partial charge in [-0.25, -0.2) is 9.98 Å². The molecule has 1 aromatic carbocycles. The van der Waals surface area contributed by atoms with Gasteiger partial charge in [-0.3, -0.25) is 0 Å². The van der Waals surface area contributed by atoms with Gasteiger partial charge in [0.25, 0.3) is 0 Å². The van der Waals surface area contributed by atoms with E-state index in [4.69, 9.17) is 0 Å². The third-order valence-electron chi connectivity index (χ3n) is 3.36. The second-order valence-corrected chi connectivity index (χ2v) is 5.75. The van der Waals surface area contributed by atoms with Crippen LogP contribution in [0.15, 0.2) is 53.5 Å². The molecule has 130 valence electrons. The molecule has 2 aromatic rings.